The molecule has 1 aromatic rings. The first-order valence-electron chi connectivity index (χ1n) is 13.4. The molecule has 0 saturated carbocycles. The number of carbonyl (C=O) groups excluding carboxylic acids is 2. The Morgan fingerprint density at radius 3 is 2.62 bits per heavy atom. The van der Waals surface area contributed by atoms with E-state index in [1.807, 2.05) is 0 Å². The number of fused-ring (bicyclic) bond motifs is 1. The Morgan fingerprint density at radius 2 is 1.98 bits per heavy atom. The van der Waals surface area contributed by atoms with Gasteiger partial charge in [0.05, 0.1) is 23.7 Å². The summed E-state index contributed by atoms with van der Waals surface area (Å²) in [6.07, 6.45) is 4.71. The number of pyridine rings is 1. The van der Waals surface area contributed by atoms with E-state index in [1.54, 1.807) is 24.3 Å². The molecule has 1 aliphatic carbocycles. The van der Waals surface area contributed by atoms with Crippen LogP contribution in [0.2, 0.25) is 0 Å². The van der Waals surface area contributed by atoms with Gasteiger partial charge in [0.25, 0.3) is 5.92 Å². The average Bonchev–Trinajstić information content (AvgIpc) is 3.37. The van der Waals surface area contributed by atoms with Crippen LogP contribution in [0.5, 0.6) is 0 Å². The third kappa shape index (κ3) is 6.77. The fourth-order valence-corrected chi connectivity index (χ4v) is 5.10. The normalized spacial score (nSPS) is 23.6. The van der Waals surface area contributed by atoms with Crippen molar-refractivity contribution < 1.29 is 36.3 Å². The number of halogens is 5. The molecule has 2 amide bonds. The molecule has 0 bridgehead atoms. The number of alkyl halides is 5. The van der Waals surface area contributed by atoms with Crippen molar-refractivity contribution in [1.82, 2.24) is 15.2 Å². The number of aliphatic imine (C=N–C) groups is 1. The summed E-state index contributed by atoms with van der Waals surface area (Å²) in [7, 11) is 0. The van der Waals surface area contributed by atoms with Gasteiger partial charge in [-0.3, -0.25) is 14.6 Å². The molecule has 42 heavy (non-hydrogen) atoms. The number of nitrogens with two attached hydrogens (primary N) is 1. The predicted molar refractivity (Wildman–Crippen MR) is 145 cm³/mol. The van der Waals surface area contributed by atoms with Gasteiger partial charge < -0.3 is 20.7 Å². The molecule has 1 aromatic heterocycles. The molecule has 13 heteroatoms. The first-order chi connectivity index (χ1) is 19.9. The molecule has 2 unspecified atom stereocenters. The number of allylic oxidation sites excluding steroid dienone is 5. The summed E-state index contributed by atoms with van der Waals surface area (Å²) in [5.74, 6) is -4.67. The number of piperidine rings is 1. The van der Waals surface area contributed by atoms with E-state index in [9.17, 15) is 31.5 Å². The van der Waals surface area contributed by atoms with Gasteiger partial charge in [-0.25, -0.2) is 13.8 Å². The monoisotopic (exact) mass is 589 g/mol. The molecule has 1 fully saturated rings. The highest BCUT2D eigenvalue weighted by molar-refractivity contribution is 5.94. The maximum atomic E-state index is 14.0. The van der Waals surface area contributed by atoms with Crippen molar-refractivity contribution in [3.05, 3.63) is 76.6 Å². The zero-order valence-electron chi connectivity index (χ0n) is 22.3. The van der Waals surface area contributed by atoms with E-state index in [0.717, 1.165) is 6.08 Å². The highest BCUT2D eigenvalue weighted by Crippen LogP contribution is 2.45. The van der Waals surface area contributed by atoms with Crippen LogP contribution in [0.4, 0.5) is 27.8 Å². The number of nitrogens with one attached hydrogen (secondary N) is 1. The van der Waals surface area contributed by atoms with Crippen molar-refractivity contribution >= 4 is 29.9 Å². The first-order valence-corrected chi connectivity index (χ1v) is 13.4. The number of nitrogens with zero attached hydrogens (tertiary/aromatic N) is 3. The quantitative estimate of drug-likeness (QED) is 0.369. The second-order valence-corrected chi connectivity index (χ2v) is 10.4. The lowest BCUT2D eigenvalue weighted by Gasteiger charge is -2.33. The maximum Gasteiger partial charge on any atom is 0.419 e. The van der Waals surface area contributed by atoms with Crippen LogP contribution in [0.1, 0.15) is 31.2 Å². The predicted octanol–water partition coefficient (Wildman–Crippen LogP) is 4.70. The minimum atomic E-state index is -4.70. The number of nitrogen functional groups attached to an aromatic ring is 1. The molecule has 4 heterocycles. The Labute approximate surface area is 238 Å². The molecule has 0 spiro atoms. The highest BCUT2D eigenvalue weighted by atomic mass is 19.4. The SMILES string of the molecule is Nc1ccc(C=CC(=O)NCC2=CC3CC(C4=CCC(C(=O)N5CCC(F)(F)CC5)C=N4)=CC(C(F)(F)F)=C3O2)cn1. The Hall–Kier alpha value is -4.29. The Balaban J connectivity index is 1.22. The van der Waals surface area contributed by atoms with E-state index >= 15 is 0 Å². The topological polar surface area (TPSA) is 110 Å². The number of anilines is 1. The number of rotatable bonds is 6. The van der Waals surface area contributed by atoms with Gasteiger partial charge in [-0.1, -0.05) is 6.08 Å². The van der Waals surface area contributed by atoms with Crippen LogP contribution in [0, 0.1) is 11.8 Å². The van der Waals surface area contributed by atoms with Gasteiger partial charge in [-0.15, -0.1) is 0 Å². The molecule has 3 N–H and O–H groups in total. The molecule has 0 aromatic carbocycles. The van der Waals surface area contributed by atoms with Gasteiger partial charge in [0.1, 0.15) is 17.3 Å². The third-order valence-electron chi connectivity index (χ3n) is 7.38. The molecule has 5 rings (SSSR count). The number of amides is 2. The van der Waals surface area contributed by atoms with Crippen LogP contribution < -0.4 is 11.1 Å². The fraction of sp³-hybridized carbons (Fsp3) is 0.379. The number of hydrogen-bond acceptors (Lipinski definition) is 6. The minimum Gasteiger partial charge on any atom is -0.463 e. The fourth-order valence-electron chi connectivity index (χ4n) is 5.10. The number of carbonyl (C=O) groups is 2. The lowest BCUT2D eigenvalue weighted by molar-refractivity contribution is -0.139. The molecule has 4 aliphatic rings. The average molecular weight is 590 g/mol. The largest absolute Gasteiger partial charge is 0.463 e. The van der Waals surface area contributed by atoms with Gasteiger partial charge >= 0.3 is 6.18 Å². The summed E-state index contributed by atoms with van der Waals surface area (Å²) in [6, 6.07) is 3.26. The van der Waals surface area contributed by atoms with Gasteiger partial charge in [0.15, 0.2) is 0 Å². The second-order valence-electron chi connectivity index (χ2n) is 10.4. The van der Waals surface area contributed by atoms with E-state index in [2.05, 4.69) is 15.3 Å². The standard InChI is InChI=1S/C29H28F5N5O3/c30-28(31)7-9-39(10-8-28)27(41)18-3-4-23(36-15-18)19-11-20-12-21(42-26(20)22(13-19)29(32,33)34)16-38-25(40)6-2-17-1-5-24(35)37-14-17/h1-2,4-6,12-15,18,20H,3,7-11,16H2,(H2,35,37)(H,38,40). The zero-order valence-corrected chi connectivity index (χ0v) is 22.3. The molecule has 2 atom stereocenters. The van der Waals surface area contributed by atoms with Crippen molar-refractivity contribution in [3.8, 4) is 0 Å². The summed E-state index contributed by atoms with van der Waals surface area (Å²) < 4.78 is 74.5. The lowest BCUT2D eigenvalue weighted by Crippen LogP contribution is -2.45. The minimum absolute atomic E-state index is 0.0481. The van der Waals surface area contributed by atoms with E-state index in [-0.39, 0.29) is 49.9 Å². The molecular weight excluding hydrogens is 561 g/mol. The molecule has 1 saturated heterocycles. The van der Waals surface area contributed by atoms with Gasteiger partial charge in [0, 0.05) is 50.3 Å². The van der Waals surface area contributed by atoms with Gasteiger partial charge in [-0.2, -0.15) is 13.2 Å². The van der Waals surface area contributed by atoms with E-state index in [4.69, 9.17) is 10.5 Å². The molecule has 3 aliphatic heterocycles. The van der Waals surface area contributed by atoms with Gasteiger partial charge in [0.2, 0.25) is 11.8 Å². The van der Waals surface area contributed by atoms with Crippen molar-refractivity contribution in [2.45, 2.75) is 37.8 Å². The van der Waals surface area contributed by atoms with Gasteiger partial charge in [-0.05, 0) is 54.3 Å². The number of likely N-dealkylation sites (tertiary alicyclic amines) is 1. The van der Waals surface area contributed by atoms with Crippen molar-refractivity contribution in [1.29, 1.82) is 0 Å². The van der Waals surface area contributed by atoms with E-state index in [1.165, 1.54) is 29.5 Å². The van der Waals surface area contributed by atoms with Crippen molar-refractivity contribution in [2.75, 3.05) is 25.4 Å². The lowest BCUT2D eigenvalue weighted by atomic mass is 9.86. The van der Waals surface area contributed by atoms with Crippen LogP contribution >= 0.6 is 0 Å². The third-order valence-corrected chi connectivity index (χ3v) is 7.38. The van der Waals surface area contributed by atoms with Crippen LogP contribution in [0.25, 0.3) is 6.08 Å². The summed E-state index contributed by atoms with van der Waals surface area (Å²) in [5.41, 5.74) is 5.89. The number of aromatic nitrogens is 1. The molecule has 0 radical (unpaired) electrons. The number of hydrogen-bond donors (Lipinski definition) is 2. The Bertz CT molecular complexity index is 1430. The van der Waals surface area contributed by atoms with Crippen LogP contribution in [-0.4, -0.2) is 59.6 Å². The first kappa shape index (κ1) is 29.2. The summed E-state index contributed by atoms with van der Waals surface area (Å²) in [5, 5.41) is 2.59. The second kappa shape index (κ2) is 11.5. The molecular formula is C29H28F5N5O3. The smallest absolute Gasteiger partial charge is 0.419 e. The van der Waals surface area contributed by atoms with Crippen molar-refractivity contribution in [2.24, 2.45) is 16.8 Å². The summed E-state index contributed by atoms with van der Waals surface area (Å²) in [4.78, 5) is 34.6. The van der Waals surface area contributed by atoms with E-state index in [0.29, 0.717) is 22.7 Å². The molecule has 8 nitrogen and oxygen atoms in total. The Morgan fingerprint density at radius 1 is 1.21 bits per heavy atom. The van der Waals surface area contributed by atoms with Crippen LogP contribution in [0.3, 0.4) is 0 Å². The van der Waals surface area contributed by atoms with E-state index < -0.39 is 48.3 Å². The van der Waals surface area contributed by atoms with Crippen LogP contribution in [0.15, 0.2) is 76.0 Å². The van der Waals surface area contributed by atoms with Crippen LogP contribution in [-0.2, 0) is 14.3 Å². The maximum absolute atomic E-state index is 14.0. The Kier molecular flexibility index (Phi) is 8.02. The number of ether oxygens (including phenoxy) is 1. The van der Waals surface area contributed by atoms with Crippen molar-refractivity contribution in [3.63, 3.8) is 0 Å². The summed E-state index contributed by atoms with van der Waals surface area (Å²) in [6.45, 7) is -0.210. The molecule has 222 valence electrons. The highest BCUT2D eigenvalue weighted by Gasteiger charge is 2.43. The zero-order chi connectivity index (χ0) is 30.1. The summed E-state index contributed by atoms with van der Waals surface area (Å²) >= 11 is 0.